The van der Waals surface area contributed by atoms with Crippen LogP contribution in [0.15, 0.2) is 77.6 Å². The van der Waals surface area contributed by atoms with Crippen LogP contribution >= 0.6 is 0 Å². The largest absolute Gasteiger partial charge is 0.497 e. The third kappa shape index (κ3) is 2.62. The van der Waals surface area contributed by atoms with Crippen LogP contribution in [0.4, 0.5) is 0 Å². The van der Waals surface area contributed by atoms with Gasteiger partial charge in [0.1, 0.15) is 5.75 Å². The molecule has 0 unspecified atom stereocenters. The van der Waals surface area contributed by atoms with E-state index in [0.29, 0.717) is 6.42 Å². The standard InChI is InChI=1S/C21H18N2O2/c1-25-18-14-12-17(13-15-18)23-20-11-7-3-6-10-19(20)22(21(23)24)16-8-4-2-5-9-16/h2-10,12-15H,11H2,1H3. The number of methoxy groups -OCH3 is 1. The van der Waals surface area contributed by atoms with Gasteiger partial charge < -0.3 is 4.74 Å². The lowest BCUT2D eigenvalue weighted by molar-refractivity contribution is 0.414. The van der Waals surface area contributed by atoms with Crippen LogP contribution in [0, 0.1) is 0 Å². The molecular formula is C21H18N2O2. The molecule has 0 atom stereocenters. The van der Waals surface area contributed by atoms with Gasteiger partial charge in [0.05, 0.1) is 29.9 Å². The molecule has 2 aromatic carbocycles. The zero-order valence-corrected chi connectivity index (χ0v) is 13.9. The highest BCUT2D eigenvalue weighted by Crippen LogP contribution is 2.23. The van der Waals surface area contributed by atoms with E-state index in [1.165, 1.54) is 0 Å². The smallest absolute Gasteiger partial charge is 0.338 e. The van der Waals surface area contributed by atoms with Gasteiger partial charge in [-0.1, -0.05) is 36.4 Å². The molecule has 0 saturated heterocycles. The second kappa shape index (κ2) is 6.32. The Morgan fingerprint density at radius 3 is 2.32 bits per heavy atom. The molecule has 0 bridgehead atoms. The highest BCUT2D eigenvalue weighted by molar-refractivity contribution is 5.58. The first-order valence-corrected chi connectivity index (χ1v) is 8.19. The second-order valence-corrected chi connectivity index (χ2v) is 5.81. The third-order valence-electron chi connectivity index (χ3n) is 4.35. The van der Waals surface area contributed by atoms with Crippen LogP contribution in [-0.2, 0) is 6.42 Å². The van der Waals surface area contributed by atoms with Gasteiger partial charge in [-0.05, 0) is 42.5 Å². The lowest BCUT2D eigenvalue weighted by Crippen LogP contribution is -2.23. The first-order chi connectivity index (χ1) is 12.3. The summed E-state index contributed by atoms with van der Waals surface area (Å²) in [7, 11) is 1.63. The number of ether oxygens (including phenoxy) is 1. The second-order valence-electron chi connectivity index (χ2n) is 5.81. The Morgan fingerprint density at radius 1 is 0.880 bits per heavy atom. The zero-order chi connectivity index (χ0) is 17.2. The average Bonchev–Trinajstić information content (AvgIpc) is 2.79. The normalized spacial score (nSPS) is 12.7. The summed E-state index contributed by atoms with van der Waals surface area (Å²) in [5.74, 6) is 0.769. The maximum Gasteiger partial charge on any atom is 0.338 e. The van der Waals surface area contributed by atoms with E-state index in [4.69, 9.17) is 4.74 Å². The van der Waals surface area contributed by atoms with E-state index in [1.807, 2.05) is 72.8 Å². The molecule has 1 heterocycles. The molecule has 4 nitrogen and oxygen atoms in total. The lowest BCUT2D eigenvalue weighted by Gasteiger charge is -2.07. The molecular weight excluding hydrogens is 312 g/mol. The van der Waals surface area contributed by atoms with Crippen molar-refractivity contribution in [2.75, 3.05) is 7.11 Å². The summed E-state index contributed by atoms with van der Waals surface area (Å²) in [5.41, 5.74) is 3.52. The van der Waals surface area contributed by atoms with E-state index in [1.54, 1.807) is 16.2 Å². The molecule has 0 radical (unpaired) electrons. The van der Waals surface area contributed by atoms with E-state index < -0.39 is 0 Å². The zero-order valence-electron chi connectivity index (χ0n) is 13.9. The van der Waals surface area contributed by atoms with Crippen molar-refractivity contribution in [2.24, 2.45) is 0 Å². The van der Waals surface area contributed by atoms with Crippen molar-refractivity contribution in [3.8, 4) is 17.1 Å². The quantitative estimate of drug-likeness (QED) is 0.733. The van der Waals surface area contributed by atoms with Gasteiger partial charge in [-0.3, -0.25) is 9.13 Å². The van der Waals surface area contributed by atoms with E-state index >= 15 is 0 Å². The Labute approximate surface area is 145 Å². The van der Waals surface area contributed by atoms with Crippen LogP contribution in [0.5, 0.6) is 5.75 Å². The fourth-order valence-corrected chi connectivity index (χ4v) is 3.16. The van der Waals surface area contributed by atoms with Crippen molar-refractivity contribution in [3.63, 3.8) is 0 Å². The van der Waals surface area contributed by atoms with Gasteiger partial charge in [-0.2, -0.15) is 0 Å². The maximum absolute atomic E-state index is 13.3. The number of allylic oxidation sites excluding steroid dienone is 3. The molecule has 3 aromatic rings. The van der Waals surface area contributed by atoms with Gasteiger partial charge in [0, 0.05) is 6.42 Å². The lowest BCUT2D eigenvalue weighted by atomic mass is 10.2. The van der Waals surface area contributed by atoms with Gasteiger partial charge in [0.25, 0.3) is 0 Å². The Kier molecular flexibility index (Phi) is 3.86. The van der Waals surface area contributed by atoms with Crippen molar-refractivity contribution >= 4 is 6.08 Å². The number of fused-ring (bicyclic) bond motifs is 1. The summed E-state index contributed by atoms with van der Waals surface area (Å²) < 4.78 is 8.77. The molecule has 25 heavy (non-hydrogen) atoms. The summed E-state index contributed by atoms with van der Waals surface area (Å²) in [6.45, 7) is 0. The van der Waals surface area contributed by atoms with Crippen LogP contribution in [0.1, 0.15) is 11.4 Å². The first-order valence-electron chi connectivity index (χ1n) is 8.19. The Morgan fingerprint density at radius 2 is 1.60 bits per heavy atom. The monoisotopic (exact) mass is 330 g/mol. The number of para-hydroxylation sites is 1. The number of nitrogens with zero attached hydrogens (tertiary/aromatic N) is 2. The molecule has 4 heteroatoms. The van der Waals surface area contributed by atoms with Crippen molar-refractivity contribution in [3.05, 3.63) is 94.7 Å². The number of benzene rings is 2. The molecule has 1 aliphatic rings. The first kappa shape index (κ1) is 15.3. The van der Waals surface area contributed by atoms with Crippen molar-refractivity contribution in [1.29, 1.82) is 0 Å². The van der Waals surface area contributed by atoms with Gasteiger partial charge >= 0.3 is 5.69 Å². The molecule has 4 rings (SSSR count). The Bertz CT molecular complexity index is 1010. The fourth-order valence-electron chi connectivity index (χ4n) is 3.16. The van der Waals surface area contributed by atoms with Crippen LogP contribution in [0.2, 0.25) is 0 Å². The summed E-state index contributed by atoms with van der Waals surface area (Å²) in [6, 6.07) is 17.3. The molecule has 0 saturated carbocycles. The van der Waals surface area contributed by atoms with Gasteiger partial charge in [-0.15, -0.1) is 0 Å². The van der Waals surface area contributed by atoms with Crippen molar-refractivity contribution < 1.29 is 4.74 Å². The highest BCUT2D eigenvalue weighted by Gasteiger charge is 2.20. The molecule has 0 N–H and O–H groups in total. The summed E-state index contributed by atoms with van der Waals surface area (Å²) >= 11 is 0. The fraction of sp³-hybridized carbons (Fsp3) is 0.0952. The molecule has 0 fully saturated rings. The van der Waals surface area contributed by atoms with E-state index in [2.05, 4.69) is 6.08 Å². The summed E-state index contributed by atoms with van der Waals surface area (Å²) in [4.78, 5) is 13.3. The van der Waals surface area contributed by atoms with Gasteiger partial charge in [0.2, 0.25) is 0 Å². The van der Waals surface area contributed by atoms with Gasteiger partial charge in [-0.25, -0.2) is 4.79 Å². The average molecular weight is 330 g/mol. The highest BCUT2D eigenvalue weighted by atomic mass is 16.5. The summed E-state index contributed by atoms with van der Waals surface area (Å²) in [6.07, 6.45) is 8.75. The van der Waals surface area contributed by atoms with Gasteiger partial charge in [0.15, 0.2) is 0 Å². The minimum atomic E-state index is -0.0682. The number of hydrogen-bond acceptors (Lipinski definition) is 2. The number of imidazole rings is 1. The number of hydrogen-bond donors (Lipinski definition) is 0. The minimum Gasteiger partial charge on any atom is -0.497 e. The topological polar surface area (TPSA) is 36.2 Å². The molecule has 124 valence electrons. The van der Waals surface area contributed by atoms with E-state index in [9.17, 15) is 4.79 Å². The SMILES string of the molecule is COc1ccc(-n2c3c(n(-c4ccccc4)c2=O)C=CC=CC3)cc1. The molecule has 1 aromatic heterocycles. The van der Waals surface area contributed by atoms with Crippen LogP contribution in [0.3, 0.4) is 0 Å². The van der Waals surface area contributed by atoms with Crippen LogP contribution < -0.4 is 10.4 Å². The van der Waals surface area contributed by atoms with Crippen molar-refractivity contribution in [1.82, 2.24) is 9.13 Å². The Balaban J connectivity index is 1.99. The molecule has 0 amide bonds. The molecule has 0 spiro atoms. The number of aromatic nitrogens is 2. The van der Waals surface area contributed by atoms with Crippen molar-refractivity contribution in [2.45, 2.75) is 6.42 Å². The number of rotatable bonds is 3. The molecule has 0 aliphatic heterocycles. The molecule has 1 aliphatic carbocycles. The van der Waals surface area contributed by atoms with Crippen LogP contribution in [0.25, 0.3) is 17.5 Å². The summed E-state index contributed by atoms with van der Waals surface area (Å²) in [5, 5.41) is 0. The van der Waals surface area contributed by atoms with E-state index in [-0.39, 0.29) is 5.69 Å². The Hall–Kier alpha value is -3.27. The van der Waals surface area contributed by atoms with Crippen LogP contribution in [-0.4, -0.2) is 16.2 Å². The minimum absolute atomic E-state index is 0.0682. The van der Waals surface area contributed by atoms with E-state index in [0.717, 1.165) is 28.5 Å². The maximum atomic E-state index is 13.3. The predicted molar refractivity (Wildman–Crippen MR) is 99.8 cm³/mol. The predicted octanol–water partition coefficient (Wildman–Crippen LogP) is 3.76. The third-order valence-corrected chi connectivity index (χ3v) is 4.35.